The van der Waals surface area contributed by atoms with Gasteiger partial charge in [0.1, 0.15) is 0 Å². The van der Waals surface area contributed by atoms with Gasteiger partial charge in [0.25, 0.3) is 0 Å². The average molecular weight is 391 g/mol. The van der Waals surface area contributed by atoms with Crippen molar-refractivity contribution in [2.45, 2.75) is 50.7 Å². The highest BCUT2D eigenvalue weighted by atomic mass is 32.1. The fraction of sp³-hybridized carbons (Fsp3) is 0.700. The highest BCUT2D eigenvalue weighted by Crippen LogP contribution is 2.34. The van der Waals surface area contributed by atoms with Crippen LogP contribution in [0.3, 0.4) is 0 Å². The maximum atomic E-state index is 12.9. The third-order valence-electron chi connectivity index (χ3n) is 6.06. The van der Waals surface area contributed by atoms with E-state index in [-0.39, 0.29) is 23.9 Å². The summed E-state index contributed by atoms with van der Waals surface area (Å²) in [5.74, 6) is 0.400. The molecule has 1 N–H and O–H groups in total. The summed E-state index contributed by atoms with van der Waals surface area (Å²) in [5.41, 5.74) is 0. The zero-order valence-electron chi connectivity index (χ0n) is 16.1. The van der Waals surface area contributed by atoms with Crippen LogP contribution in [0.5, 0.6) is 0 Å². The Balaban J connectivity index is 1.25. The SMILES string of the molecule is CC(C(=O)NC1CC1)N1CCN(CC(=O)N2CCCC2c2cccs2)CC1. The molecule has 1 aromatic heterocycles. The standard InChI is InChI=1S/C20H30N4O2S/c1-15(20(26)21-16-6-7-16)23-11-9-22(10-12-23)14-19(25)24-8-2-4-17(24)18-5-3-13-27-18/h3,5,13,15-17H,2,4,6-12,14H2,1H3,(H,21,26). The summed E-state index contributed by atoms with van der Waals surface area (Å²) in [6, 6.07) is 4.82. The average Bonchev–Trinajstić information content (AvgIpc) is 3.14. The largest absolute Gasteiger partial charge is 0.352 e. The number of rotatable bonds is 6. The van der Waals surface area contributed by atoms with Crippen molar-refractivity contribution in [1.82, 2.24) is 20.0 Å². The number of hydrogen-bond acceptors (Lipinski definition) is 5. The van der Waals surface area contributed by atoms with Crippen LogP contribution in [0, 0.1) is 0 Å². The van der Waals surface area contributed by atoms with Crippen LogP contribution in [-0.4, -0.2) is 77.9 Å². The number of nitrogens with zero attached hydrogens (tertiary/aromatic N) is 3. The molecule has 1 aromatic rings. The Morgan fingerprint density at radius 3 is 2.63 bits per heavy atom. The summed E-state index contributed by atoms with van der Waals surface area (Å²) in [6.07, 6.45) is 4.41. The molecule has 0 aromatic carbocycles. The van der Waals surface area contributed by atoms with Gasteiger partial charge in [-0.1, -0.05) is 6.07 Å². The quantitative estimate of drug-likeness (QED) is 0.803. The number of carbonyl (C=O) groups excluding carboxylic acids is 2. The van der Waals surface area contributed by atoms with E-state index in [4.69, 9.17) is 0 Å². The van der Waals surface area contributed by atoms with Crippen LogP contribution in [0.15, 0.2) is 17.5 Å². The fourth-order valence-electron chi connectivity index (χ4n) is 4.15. The second kappa shape index (κ2) is 8.29. The van der Waals surface area contributed by atoms with Crippen molar-refractivity contribution in [1.29, 1.82) is 0 Å². The lowest BCUT2D eigenvalue weighted by Gasteiger charge is -2.38. The van der Waals surface area contributed by atoms with Gasteiger partial charge in [-0.3, -0.25) is 19.4 Å². The second-order valence-corrected chi connectivity index (χ2v) is 9.01. The molecule has 2 amide bonds. The van der Waals surface area contributed by atoms with E-state index in [0.29, 0.717) is 12.6 Å². The molecule has 0 bridgehead atoms. The molecule has 4 rings (SSSR count). The minimum Gasteiger partial charge on any atom is -0.352 e. The fourth-order valence-corrected chi connectivity index (χ4v) is 5.02. The number of thiophene rings is 1. The van der Waals surface area contributed by atoms with Crippen molar-refractivity contribution in [3.05, 3.63) is 22.4 Å². The molecule has 1 aliphatic carbocycles. The third-order valence-corrected chi connectivity index (χ3v) is 7.03. The van der Waals surface area contributed by atoms with Crippen molar-refractivity contribution >= 4 is 23.2 Å². The first kappa shape index (κ1) is 18.9. The van der Waals surface area contributed by atoms with E-state index in [0.717, 1.165) is 58.4 Å². The van der Waals surface area contributed by atoms with E-state index in [2.05, 4.69) is 37.5 Å². The Morgan fingerprint density at radius 1 is 1.19 bits per heavy atom. The van der Waals surface area contributed by atoms with Gasteiger partial charge in [0, 0.05) is 43.6 Å². The summed E-state index contributed by atoms with van der Waals surface area (Å²) in [7, 11) is 0. The molecule has 0 radical (unpaired) electrons. The number of nitrogens with one attached hydrogen (secondary N) is 1. The van der Waals surface area contributed by atoms with Crippen LogP contribution in [0.4, 0.5) is 0 Å². The first-order valence-corrected chi connectivity index (χ1v) is 11.1. The monoisotopic (exact) mass is 390 g/mol. The van der Waals surface area contributed by atoms with Gasteiger partial charge in [-0.2, -0.15) is 0 Å². The Hall–Kier alpha value is -1.44. The number of carbonyl (C=O) groups is 2. The summed E-state index contributed by atoms with van der Waals surface area (Å²) < 4.78 is 0. The Morgan fingerprint density at radius 2 is 1.96 bits per heavy atom. The number of piperazine rings is 1. The zero-order chi connectivity index (χ0) is 18.8. The van der Waals surface area contributed by atoms with Crippen LogP contribution in [0.2, 0.25) is 0 Å². The maximum absolute atomic E-state index is 12.9. The molecule has 3 heterocycles. The van der Waals surface area contributed by atoms with Gasteiger partial charge in [-0.25, -0.2) is 0 Å². The normalized spacial score (nSPS) is 25.5. The first-order chi connectivity index (χ1) is 13.1. The number of hydrogen-bond donors (Lipinski definition) is 1. The van der Waals surface area contributed by atoms with Gasteiger partial charge in [0.05, 0.1) is 18.6 Å². The summed E-state index contributed by atoms with van der Waals surface area (Å²) >= 11 is 1.75. The molecule has 2 aliphatic heterocycles. The van der Waals surface area contributed by atoms with Crippen LogP contribution in [0.1, 0.15) is 43.5 Å². The smallest absolute Gasteiger partial charge is 0.237 e. The van der Waals surface area contributed by atoms with Gasteiger partial charge in [0.15, 0.2) is 0 Å². The molecular weight excluding hydrogens is 360 g/mol. The van der Waals surface area contributed by atoms with Gasteiger partial charge in [0.2, 0.25) is 11.8 Å². The second-order valence-electron chi connectivity index (χ2n) is 8.03. The van der Waals surface area contributed by atoms with Gasteiger partial charge in [-0.05, 0) is 44.1 Å². The van der Waals surface area contributed by atoms with Crippen LogP contribution in [0.25, 0.3) is 0 Å². The molecule has 2 saturated heterocycles. The molecule has 0 spiro atoms. The summed E-state index contributed by atoms with van der Waals surface area (Å²) in [6.45, 7) is 6.77. The van der Waals surface area contributed by atoms with E-state index < -0.39 is 0 Å². The van der Waals surface area contributed by atoms with Gasteiger partial charge < -0.3 is 10.2 Å². The highest BCUT2D eigenvalue weighted by molar-refractivity contribution is 7.10. The summed E-state index contributed by atoms with van der Waals surface area (Å²) in [5, 5.41) is 5.19. The van der Waals surface area contributed by atoms with E-state index in [1.54, 1.807) is 11.3 Å². The summed E-state index contributed by atoms with van der Waals surface area (Å²) in [4.78, 5) is 33.0. The molecule has 3 fully saturated rings. The molecular formula is C20H30N4O2S. The maximum Gasteiger partial charge on any atom is 0.237 e. The van der Waals surface area contributed by atoms with Crippen molar-refractivity contribution < 1.29 is 9.59 Å². The molecule has 148 valence electrons. The predicted molar refractivity (Wildman–Crippen MR) is 107 cm³/mol. The molecule has 1 saturated carbocycles. The molecule has 2 unspecified atom stereocenters. The Kier molecular flexibility index (Phi) is 5.80. The van der Waals surface area contributed by atoms with Crippen molar-refractivity contribution in [2.24, 2.45) is 0 Å². The molecule has 2 atom stereocenters. The predicted octanol–water partition coefficient (Wildman–Crippen LogP) is 1.70. The van der Waals surface area contributed by atoms with E-state index in [1.807, 2.05) is 6.92 Å². The van der Waals surface area contributed by atoms with Crippen molar-refractivity contribution in [3.63, 3.8) is 0 Å². The Labute approximate surface area is 165 Å². The van der Waals surface area contributed by atoms with Crippen molar-refractivity contribution in [3.8, 4) is 0 Å². The van der Waals surface area contributed by atoms with Crippen LogP contribution < -0.4 is 5.32 Å². The van der Waals surface area contributed by atoms with E-state index in [9.17, 15) is 9.59 Å². The van der Waals surface area contributed by atoms with Crippen LogP contribution in [-0.2, 0) is 9.59 Å². The number of likely N-dealkylation sites (tertiary alicyclic amines) is 1. The van der Waals surface area contributed by atoms with E-state index in [1.165, 1.54) is 4.88 Å². The van der Waals surface area contributed by atoms with Crippen molar-refractivity contribution in [2.75, 3.05) is 39.3 Å². The minimum absolute atomic E-state index is 0.0785. The molecule has 6 nitrogen and oxygen atoms in total. The topological polar surface area (TPSA) is 55.9 Å². The van der Waals surface area contributed by atoms with Gasteiger partial charge in [-0.15, -0.1) is 11.3 Å². The molecule has 3 aliphatic rings. The lowest BCUT2D eigenvalue weighted by molar-refractivity contribution is -0.134. The Bertz CT molecular complexity index is 653. The van der Waals surface area contributed by atoms with Gasteiger partial charge >= 0.3 is 0 Å². The lowest BCUT2D eigenvalue weighted by atomic mass is 10.2. The zero-order valence-corrected chi connectivity index (χ0v) is 16.9. The van der Waals surface area contributed by atoms with Crippen LogP contribution >= 0.6 is 11.3 Å². The lowest BCUT2D eigenvalue weighted by Crippen LogP contribution is -2.55. The van der Waals surface area contributed by atoms with E-state index >= 15 is 0 Å². The first-order valence-electron chi connectivity index (χ1n) is 10.2. The number of amides is 2. The minimum atomic E-state index is -0.0785. The molecule has 27 heavy (non-hydrogen) atoms. The third kappa shape index (κ3) is 4.52. The molecule has 7 heteroatoms. The highest BCUT2D eigenvalue weighted by Gasteiger charge is 2.33.